The van der Waals surface area contributed by atoms with Crippen molar-refractivity contribution in [3.63, 3.8) is 0 Å². The first-order chi connectivity index (χ1) is 10.8. The summed E-state index contributed by atoms with van der Waals surface area (Å²) in [5.41, 5.74) is 0.688. The zero-order chi connectivity index (χ0) is 16.6. The summed E-state index contributed by atoms with van der Waals surface area (Å²) in [7, 11) is 0. The van der Waals surface area contributed by atoms with E-state index in [1.807, 2.05) is 37.8 Å². The minimum atomic E-state index is -0.458. The Labute approximate surface area is 137 Å². The van der Waals surface area contributed by atoms with Crippen LogP contribution >= 0.6 is 0 Å². The van der Waals surface area contributed by atoms with Gasteiger partial charge in [0.15, 0.2) is 0 Å². The van der Waals surface area contributed by atoms with Crippen LogP contribution in [0.1, 0.15) is 45.6 Å². The molecule has 0 aromatic heterocycles. The molecule has 0 unspecified atom stereocenters. The average molecular weight is 319 g/mol. The number of benzene rings is 1. The molecule has 23 heavy (non-hydrogen) atoms. The molecular formula is C19H26FNO2. The summed E-state index contributed by atoms with van der Waals surface area (Å²) >= 11 is 0. The van der Waals surface area contributed by atoms with Gasteiger partial charge in [0, 0.05) is 12.6 Å². The predicted octanol–water partition coefficient (Wildman–Crippen LogP) is 4.40. The maximum Gasteiger partial charge on any atom is 0.410 e. The number of ether oxygens (including phenoxy) is 1. The van der Waals surface area contributed by atoms with Crippen LogP contribution in [0.15, 0.2) is 24.3 Å². The van der Waals surface area contributed by atoms with Crippen LogP contribution in [0.25, 0.3) is 0 Å². The number of halogens is 1. The maximum absolute atomic E-state index is 13.1. The van der Waals surface area contributed by atoms with Crippen molar-refractivity contribution in [3.8, 4) is 0 Å². The maximum atomic E-state index is 13.1. The zero-order valence-electron chi connectivity index (χ0n) is 14.2. The SMILES string of the molecule is CC(C)(C)OC(=O)N1C[C@@H]2CC[C@@H]1[C@H](Cc1ccc(F)cc1)C2. The van der Waals surface area contributed by atoms with Gasteiger partial charge >= 0.3 is 6.09 Å². The number of fused-ring (bicyclic) bond motifs is 3. The number of carbonyl (C=O) groups excluding carboxylic acids is 1. The molecule has 3 aliphatic rings. The van der Waals surface area contributed by atoms with Gasteiger partial charge in [0.05, 0.1) is 0 Å². The molecule has 3 atom stereocenters. The van der Waals surface area contributed by atoms with Crippen molar-refractivity contribution in [2.75, 3.05) is 6.54 Å². The number of hydrogen-bond donors (Lipinski definition) is 0. The first-order valence-electron chi connectivity index (χ1n) is 8.56. The molecule has 0 spiro atoms. The van der Waals surface area contributed by atoms with Crippen LogP contribution < -0.4 is 0 Å². The topological polar surface area (TPSA) is 29.5 Å². The van der Waals surface area contributed by atoms with Crippen molar-refractivity contribution in [2.45, 2.75) is 58.1 Å². The van der Waals surface area contributed by atoms with Crippen LogP contribution in [0.5, 0.6) is 0 Å². The molecule has 1 aromatic rings. The van der Waals surface area contributed by atoms with Crippen molar-refractivity contribution in [1.29, 1.82) is 0 Å². The second-order valence-electron chi connectivity index (χ2n) is 7.97. The lowest BCUT2D eigenvalue weighted by Gasteiger charge is -2.50. The first kappa shape index (κ1) is 16.3. The lowest BCUT2D eigenvalue weighted by molar-refractivity contribution is -0.0316. The molecule has 1 saturated carbocycles. The van der Waals surface area contributed by atoms with Gasteiger partial charge in [-0.3, -0.25) is 0 Å². The molecule has 3 nitrogen and oxygen atoms in total. The van der Waals surface area contributed by atoms with Crippen LogP contribution in [0.2, 0.25) is 0 Å². The molecule has 4 heteroatoms. The normalized spacial score (nSPS) is 27.1. The van der Waals surface area contributed by atoms with E-state index in [-0.39, 0.29) is 18.0 Å². The van der Waals surface area contributed by atoms with Gasteiger partial charge in [0.2, 0.25) is 0 Å². The molecule has 3 fully saturated rings. The third kappa shape index (κ3) is 3.85. The van der Waals surface area contributed by atoms with E-state index in [1.54, 1.807) is 0 Å². The van der Waals surface area contributed by atoms with Gasteiger partial charge in [-0.2, -0.15) is 0 Å². The van der Waals surface area contributed by atoms with Crippen LogP contribution in [0, 0.1) is 17.7 Å². The third-order valence-electron chi connectivity index (χ3n) is 4.95. The Hall–Kier alpha value is -1.58. The second kappa shape index (κ2) is 6.14. The van der Waals surface area contributed by atoms with E-state index in [4.69, 9.17) is 4.74 Å². The molecule has 0 radical (unpaired) electrons. The molecule has 126 valence electrons. The van der Waals surface area contributed by atoms with Crippen molar-refractivity contribution in [1.82, 2.24) is 4.90 Å². The van der Waals surface area contributed by atoms with E-state index in [2.05, 4.69) is 0 Å². The molecule has 1 aromatic carbocycles. The number of rotatable bonds is 2. The van der Waals surface area contributed by atoms with Crippen LogP contribution in [0.3, 0.4) is 0 Å². The number of nitrogens with zero attached hydrogens (tertiary/aromatic N) is 1. The van der Waals surface area contributed by atoms with E-state index in [0.717, 1.165) is 31.4 Å². The van der Waals surface area contributed by atoms with Crippen molar-refractivity contribution in [3.05, 3.63) is 35.6 Å². The predicted molar refractivity (Wildman–Crippen MR) is 87.7 cm³/mol. The Morgan fingerprint density at radius 1 is 1.26 bits per heavy atom. The molecule has 0 N–H and O–H groups in total. The number of piperidine rings is 2. The second-order valence-corrected chi connectivity index (χ2v) is 7.97. The highest BCUT2D eigenvalue weighted by atomic mass is 19.1. The van der Waals surface area contributed by atoms with Crippen LogP contribution in [-0.4, -0.2) is 29.2 Å². The third-order valence-corrected chi connectivity index (χ3v) is 4.95. The number of carbonyl (C=O) groups is 1. The van der Waals surface area contributed by atoms with Crippen LogP contribution in [0.4, 0.5) is 9.18 Å². The summed E-state index contributed by atoms with van der Waals surface area (Å²) in [6.07, 6.45) is 4.12. The monoisotopic (exact) mass is 319 g/mol. The largest absolute Gasteiger partial charge is 0.444 e. The number of amides is 1. The first-order valence-corrected chi connectivity index (χ1v) is 8.56. The summed E-state index contributed by atoms with van der Waals surface area (Å²) in [6, 6.07) is 6.99. The summed E-state index contributed by atoms with van der Waals surface area (Å²) < 4.78 is 18.7. The molecule has 2 saturated heterocycles. The molecule has 1 aliphatic carbocycles. The Kier molecular flexibility index (Phi) is 4.35. The van der Waals surface area contributed by atoms with Crippen molar-refractivity contribution in [2.24, 2.45) is 11.8 Å². The Morgan fingerprint density at radius 2 is 1.96 bits per heavy atom. The molecule has 2 aliphatic heterocycles. The van der Waals surface area contributed by atoms with Crippen molar-refractivity contribution < 1.29 is 13.9 Å². The highest BCUT2D eigenvalue weighted by Crippen LogP contribution is 2.41. The minimum absolute atomic E-state index is 0.184. The summed E-state index contributed by atoms with van der Waals surface area (Å²) in [5, 5.41) is 0. The highest BCUT2D eigenvalue weighted by molar-refractivity contribution is 5.69. The number of hydrogen-bond acceptors (Lipinski definition) is 2. The Balaban J connectivity index is 1.70. The van der Waals surface area contributed by atoms with E-state index < -0.39 is 5.60 Å². The van der Waals surface area contributed by atoms with E-state index >= 15 is 0 Å². The molecule has 2 heterocycles. The van der Waals surface area contributed by atoms with Gasteiger partial charge in [0.25, 0.3) is 0 Å². The van der Waals surface area contributed by atoms with Crippen molar-refractivity contribution >= 4 is 6.09 Å². The fourth-order valence-corrected chi connectivity index (χ4v) is 4.01. The highest BCUT2D eigenvalue weighted by Gasteiger charge is 2.43. The summed E-state index contributed by atoms with van der Waals surface area (Å²) in [5.74, 6) is 0.813. The summed E-state index contributed by atoms with van der Waals surface area (Å²) in [6.45, 7) is 6.54. The Morgan fingerprint density at radius 3 is 2.57 bits per heavy atom. The minimum Gasteiger partial charge on any atom is -0.444 e. The van der Waals surface area contributed by atoms with Gasteiger partial charge in [-0.1, -0.05) is 12.1 Å². The lowest BCUT2D eigenvalue weighted by Crippen LogP contribution is -2.56. The van der Waals surface area contributed by atoms with Gasteiger partial charge in [0.1, 0.15) is 11.4 Å². The Bertz CT molecular complexity index is 564. The summed E-state index contributed by atoms with van der Waals surface area (Å²) in [4.78, 5) is 14.4. The quantitative estimate of drug-likeness (QED) is 0.808. The van der Waals surface area contributed by atoms with Crippen LogP contribution in [-0.2, 0) is 11.2 Å². The van der Waals surface area contributed by atoms with E-state index in [1.165, 1.54) is 18.6 Å². The lowest BCUT2D eigenvalue weighted by atomic mass is 9.71. The zero-order valence-corrected chi connectivity index (χ0v) is 14.2. The van der Waals surface area contributed by atoms with Gasteiger partial charge in [-0.25, -0.2) is 9.18 Å². The smallest absolute Gasteiger partial charge is 0.410 e. The molecule has 4 rings (SSSR count). The van der Waals surface area contributed by atoms with Gasteiger partial charge in [-0.15, -0.1) is 0 Å². The van der Waals surface area contributed by atoms with E-state index in [9.17, 15) is 9.18 Å². The fourth-order valence-electron chi connectivity index (χ4n) is 4.01. The van der Waals surface area contributed by atoms with E-state index in [0.29, 0.717) is 11.8 Å². The molecule has 2 bridgehead atoms. The molecular weight excluding hydrogens is 293 g/mol. The van der Waals surface area contributed by atoms with Gasteiger partial charge < -0.3 is 9.64 Å². The molecule has 1 amide bonds. The average Bonchev–Trinajstić information content (AvgIpc) is 2.48. The standard InChI is InChI=1S/C19H26FNO2/c1-19(2,3)23-18(22)21-12-14-6-9-17(21)15(11-14)10-13-4-7-16(20)8-5-13/h4-5,7-8,14-15,17H,6,9-12H2,1-3H3/t14-,15-,17-/m1/s1. The fraction of sp³-hybridized carbons (Fsp3) is 0.632. The van der Waals surface area contributed by atoms with Gasteiger partial charge in [-0.05, 0) is 76.0 Å².